The van der Waals surface area contributed by atoms with Crippen molar-refractivity contribution < 1.29 is 59.1 Å². The van der Waals surface area contributed by atoms with E-state index in [4.69, 9.17) is 28.4 Å². The lowest BCUT2D eigenvalue weighted by molar-refractivity contribution is -0.335. The fraction of sp³-hybridized carbons (Fsp3) is 0.538. The van der Waals surface area contributed by atoms with Crippen LogP contribution in [0.5, 0.6) is 23.0 Å². The number of phenols is 2. The first-order valence-electron chi connectivity index (χ1n) is 12.1. The van der Waals surface area contributed by atoms with Crippen LogP contribution in [0.2, 0.25) is 0 Å². The molecule has 0 spiro atoms. The lowest BCUT2D eigenvalue weighted by atomic mass is 9.68. The molecular formula is C26H32O12. The van der Waals surface area contributed by atoms with Gasteiger partial charge in [0.1, 0.15) is 36.1 Å². The fourth-order valence-corrected chi connectivity index (χ4v) is 5.68. The lowest BCUT2D eigenvalue weighted by Crippen LogP contribution is -2.63. The third-order valence-corrected chi connectivity index (χ3v) is 7.81. The maximum atomic E-state index is 10.8. The molecule has 2 aromatic carbocycles. The van der Waals surface area contributed by atoms with Gasteiger partial charge in [-0.15, -0.1) is 0 Å². The van der Waals surface area contributed by atoms with Gasteiger partial charge in [-0.05, 0) is 35.4 Å². The third kappa shape index (κ3) is 4.00. The Morgan fingerprint density at radius 3 is 2.24 bits per heavy atom. The molecule has 3 aliphatic heterocycles. The van der Waals surface area contributed by atoms with Gasteiger partial charge in [-0.1, -0.05) is 12.1 Å². The highest BCUT2D eigenvalue weighted by Gasteiger charge is 2.69. The van der Waals surface area contributed by atoms with Crippen LogP contribution in [0.25, 0.3) is 0 Å². The van der Waals surface area contributed by atoms with Crippen LogP contribution in [0.1, 0.15) is 17.2 Å². The molecule has 208 valence electrons. The highest BCUT2D eigenvalue weighted by molar-refractivity contribution is 5.49. The molecule has 38 heavy (non-hydrogen) atoms. The summed E-state index contributed by atoms with van der Waals surface area (Å²) >= 11 is 0. The van der Waals surface area contributed by atoms with E-state index >= 15 is 0 Å². The van der Waals surface area contributed by atoms with Crippen molar-refractivity contribution in [1.82, 2.24) is 0 Å². The van der Waals surface area contributed by atoms with Gasteiger partial charge in [0.05, 0.1) is 46.1 Å². The van der Waals surface area contributed by atoms with Crippen LogP contribution in [0.4, 0.5) is 0 Å². The summed E-state index contributed by atoms with van der Waals surface area (Å²) in [5.41, 5.74) is -1.17. The number of aliphatic hydroxyl groups excluding tert-OH is 4. The first-order chi connectivity index (χ1) is 18.2. The van der Waals surface area contributed by atoms with E-state index in [2.05, 4.69) is 0 Å². The molecule has 0 aromatic heterocycles. The van der Waals surface area contributed by atoms with Gasteiger partial charge in [0, 0.05) is 0 Å². The van der Waals surface area contributed by atoms with Gasteiger partial charge in [-0.3, -0.25) is 0 Å². The molecule has 3 fully saturated rings. The van der Waals surface area contributed by atoms with E-state index in [0.717, 1.165) is 0 Å². The van der Waals surface area contributed by atoms with Crippen LogP contribution in [-0.2, 0) is 24.4 Å². The summed E-state index contributed by atoms with van der Waals surface area (Å²) in [6, 6.07) is 9.53. The van der Waals surface area contributed by atoms with Crippen molar-refractivity contribution in [1.29, 1.82) is 0 Å². The first-order valence-corrected chi connectivity index (χ1v) is 12.1. The average Bonchev–Trinajstić information content (AvgIpc) is 3.43. The average molecular weight is 537 g/mol. The summed E-state index contributed by atoms with van der Waals surface area (Å²) in [6.07, 6.45) is -8.38. The van der Waals surface area contributed by atoms with E-state index in [0.29, 0.717) is 11.1 Å². The molecule has 0 saturated carbocycles. The monoisotopic (exact) mass is 536 g/mol. The molecule has 8 atom stereocenters. The summed E-state index contributed by atoms with van der Waals surface area (Å²) in [5.74, 6) is 0.290. The van der Waals surface area contributed by atoms with Gasteiger partial charge in [0.25, 0.3) is 0 Å². The standard InChI is InChI=1S/C26H32O12/c1-33-17-7-13(3-5-15(17)28)23-26(38-24-22(32)21(31)20(30)19(9-27)37-24)12-35-10-25(26,11-36-23)14-4-6-16(29)18(8-14)34-2/h3-8,19-24,27-32H,9-12H2,1-2H3/t19-,20-,21+,22-,23?,24+,25?,26?/m1/s1. The van der Waals surface area contributed by atoms with Crippen molar-refractivity contribution >= 4 is 0 Å². The number of phenolic OH excluding ortho intramolecular Hbond substituents is 2. The quantitative estimate of drug-likeness (QED) is 0.273. The number of aromatic hydroxyl groups is 2. The van der Waals surface area contributed by atoms with Crippen LogP contribution < -0.4 is 9.47 Å². The molecule has 0 bridgehead atoms. The Balaban J connectivity index is 1.64. The smallest absolute Gasteiger partial charge is 0.187 e. The van der Waals surface area contributed by atoms with E-state index in [1.54, 1.807) is 24.3 Å². The Labute approximate surface area is 218 Å². The SMILES string of the molecule is COc1cc(C2OCC3(c4ccc(O)c(OC)c4)COCC23O[C@@H]2O[C@H](CO)[C@@H](O)[C@H](O)[C@H]2O)ccc1O. The fourth-order valence-electron chi connectivity index (χ4n) is 5.68. The molecule has 6 N–H and O–H groups in total. The van der Waals surface area contributed by atoms with E-state index in [1.807, 2.05) is 0 Å². The van der Waals surface area contributed by atoms with E-state index in [-0.39, 0.29) is 42.8 Å². The highest BCUT2D eigenvalue weighted by atomic mass is 16.7. The molecular weight excluding hydrogens is 504 g/mol. The molecule has 0 aliphatic carbocycles. The Hall–Kier alpha value is -2.68. The summed E-state index contributed by atoms with van der Waals surface area (Å²) < 4.78 is 35.2. The van der Waals surface area contributed by atoms with Crippen LogP contribution in [0.15, 0.2) is 36.4 Å². The predicted molar refractivity (Wildman–Crippen MR) is 128 cm³/mol. The van der Waals surface area contributed by atoms with Gasteiger partial charge in [0.2, 0.25) is 0 Å². The molecule has 5 rings (SSSR count). The predicted octanol–water partition coefficient (Wildman–Crippen LogP) is -0.290. The molecule has 12 heteroatoms. The maximum absolute atomic E-state index is 10.8. The number of ether oxygens (including phenoxy) is 6. The number of methoxy groups -OCH3 is 2. The maximum Gasteiger partial charge on any atom is 0.187 e. The minimum Gasteiger partial charge on any atom is -0.504 e. The van der Waals surface area contributed by atoms with Crippen LogP contribution in [0, 0.1) is 0 Å². The van der Waals surface area contributed by atoms with Gasteiger partial charge in [-0.2, -0.15) is 0 Å². The van der Waals surface area contributed by atoms with Gasteiger partial charge < -0.3 is 59.1 Å². The summed E-state index contributed by atoms with van der Waals surface area (Å²) in [6.45, 7) is -0.431. The second-order valence-electron chi connectivity index (χ2n) is 9.79. The Morgan fingerprint density at radius 1 is 0.868 bits per heavy atom. The lowest BCUT2D eigenvalue weighted by Gasteiger charge is -2.47. The summed E-state index contributed by atoms with van der Waals surface area (Å²) in [7, 11) is 2.84. The molecule has 3 aliphatic rings. The van der Waals surface area contributed by atoms with Crippen molar-refractivity contribution in [2.75, 3.05) is 40.6 Å². The normalized spacial score (nSPS) is 36.7. The van der Waals surface area contributed by atoms with E-state index in [9.17, 15) is 30.6 Å². The molecule has 3 unspecified atom stereocenters. The summed E-state index contributed by atoms with van der Waals surface area (Å²) in [5, 5.41) is 61.6. The zero-order chi connectivity index (χ0) is 27.2. The largest absolute Gasteiger partial charge is 0.504 e. The first kappa shape index (κ1) is 26.9. The number of rotatable bonds is 7. The molecule has 3 heterocycles. The van der Waals surface area contributed by atoms with Crippen molar-refractivity contribution in [3.8, 4) is 23.0 Å². The topological polar surface area (TPSA) is 177 Å². The third-order valence-electron chi connectivity index (χ3n) is 7.81. The molecule has 0 radical (unpaired) electrons. The van der Waals surface area contributed by atoms with Gasteiger partial charge in [0.15, 0.2) is 29.3 Å². The summed E-state index contributed by atoms with van der Waals surface area (Å²) in [4.78, 5) is 0. The molecule has 3 saturated heterocycles. The second-order valence-corrected chi connectivity index (χ2v) is 9.79. The second kappa shape index (κ2) is 10.1. The van der Waals surface area contributed by atoms with Gasteiger partial charge in [-0.25, -0.2) is 0 Å². The molecule has 2 aromatic rings. The highest BCUT2D eigenvalue weighted by Crippen LogP contribution is 2.58. The minimum absolute atomic E-state index is 0.0287. The van der Waals surface area contributed by atoms with Crippen molar-refractivity contribution in [3.05, 3.63) is 47.5 Å². The van der Waals surface area contributed by atoms with E-state index < -0.39 is 54.4 Å². The van der Waals surface area contributed by atoms with Crippen LogP contribution in [-0.4, -0.2) is 108 Å². The molecule has 0 amide bonds. The molecule has 12 nitrogen and oxygen atoms in total. The number of hydrogen-bond acceptors (Lipinski definition) is 12. The van der Waals surface area contributed by atoms with Crippen molar-refractivity contribution in [3.63, 3.8) is 0 Å². The zero-order valence-corrected chi connectivity index (χ0v) is 20.9. The number of hydrogen-bond donors (Lipinski definition) is 6. The number of fused-ring (bicyclic) bond motifs is 1. The van der Waals surface area contributed by atoms with E-state index in [1.165, 1.54) is 26.4 Å². The van der Waals surface area contributed by atoms with Crippen molar-refractivity contribution in [2.24, 2.45) is 0 Å². The number of benzene rings is 2. The van der Waals surface area contributed by atoms with Gasteiger partial charge >= 0.3 is 0 Å². The Bertz CT molecular complexity index is 1160. The Morgan fingerprint density at radius 2 is 1.55 bits per heavy atom. The zero-order valence-electron chi connectivity index (χ0n) is 20.9. The Kier molecular flexibility index (Phi) is 7.18. The minimum atomic E-state index is -1.66. The van der Waals surface area contributed by atoms with Crippen LogP contribution >= 0.6 is 0 Å². The van der Waals surface area contributed by atoms with Crippen LogP contribution in [0.3, 0.4) is 0 Å². The van der Waals surface area contributed by atoms with Crippen molar-refractivity contribution in [2.45, 2.75) is 47.8 Å². The number of aliphatic hydroxyl groups is 4.